The van der Waals surface area contributed by atoms with Crippen molar-refractivity contribution in [1.29, 1.82) is 0 Å². The highest BCUT2D eigenvalue weighted by Gasteiger charge is 2.25. The van der Waals surface area contributed by atoms with E-state index < -0.39 is 0 Å². The van der Waals surface area contributed by atoms with Gasteiger partial charge in [-0.1, -0.05) is 65.2 Å². The molecule has 2 fully saturated rings. The van der Waals surface area contributed by atoms with Gasteiger partial charge in [-0.15, -0.1) is 0 Å². The number of ether oxygens (including phenoxy) is 1. The molecular weight excluding hydrogens is 272 g/mol. The van der Waals surface area contributed by atoms with Crippen LogP contribution < -0.4 is 0 Å². The van der Waals surface area contributed by atoms with Gasteiger partial charge in [0, 0.05) is 6.42 Å². The van der Waals surface area contributed by atoms with Crippen molar-refractivity contribution in [3.05, 3.63) is 0 Å². The molecule has 2 aliphatic carbocycles. The second-order valence-electron chi connectivity index (χ2n) is 7.74. The van der Waals surface area contributed by atoms with Gasteiger partial charge in [-0.3, -0.25) is 4.79 Å². The second-order valence-corrected chi connectivity index (χ2v) is 7.74. The lowest BCUT2D eigenvalue weighted by Gasteiger charge is -2.31. The quantitative estimate of drug-likeness (QED) is 0.548. The second kappa shape index (κ2) is 9.57. The summed E-state index contributed by atoms with van der Waals surface area (Å²) in [6.07, 6.45) is 17.1. The van der Waals surface area contributed by atoms with E-state index in [9.17, 15) is 4.79 Å². The van der Waals surface area contributed by atoms with Crippen LogP contribution in [0.2, 0.25) is 0 Å². The van der Waals surface area contributed by atoms with Crippen molar-refractivity contribution in [2.45, 2.75) is 103 Å². The molecule has 0 amide bonds. The van der Waals surface area contributed by atoms with Crippen LogP contribution in [0, 0.1) is 17.8 Å². The fourth-order valence-corrected chi connectivity index (χ4v) is 4.50. The van der Waals surface area contributed by atoms with Gasteiger partial charge in [-0.05, 0) is 43.4 Å². The maximum atomic E-state index is 11.3. The van der Waals surface area contributed by atoms with Crippen LogP contribution in [-0.2, 0) is 9.53 Å². The Morgan fingerprint density at radius 2 is 1.23 bits per heavy atom. The fourth-order valence-electron chi connectivity index (χ4n) is 4.50. The van der Waals surface area contributed by atoms with Crippen LogP contribution >= 0.6 is 0 Å². The number of esters is 1. The Balaban J connectivity index is 1.56. The summed E-state index contributed by atoms with van der Waals surface area (Å²) in [5.74, 6) is 2.91. The normalized spacial score (nSPS) is 32.6. The van der Waals surface area contributed by atoms with Crippen LogP contribution in [-0.4, -0.2) is 12.1 Å². The number of carbonyl (C=O) groups excluding carboxylic acids is 1. The zero-order valence-electron chi connectivity index (χ0n) is 14.8. The minimum atomic E-state index is -0.0210. The molecule has 0 N–H and O–H groups in total. The zero-order chi connectivity index (χ0) is 15.8. The summed E-state index contributed by atoms with van der Waals surface area (Å²) in [5.41, 5.74) is 0. The molecule has 0 aromatic heterocycles. The van der Waals surface area contributed by atoms with E-state index in [4.69, 9.17) is 4.74 Å². The molecule has 0 heterocycles. The third kappa shape index (κ3) is 5.93. The molecule has 0 unspecified atom stereocenters. The van der Waals surface area contributed by atoms with Gasteiger partial charge < -0.3 is 4.74 Å². The molecule has 0 atom stereocenters. The highest BCUT2D eigenvalue weighted by atomic mass is 16.5. The van der Waals surface area contributed by atoms with E-state index in [1.165, 1.54) is 64.2 Å². The predicted molar refractivity (Wildman–Crippen MR) is 91.7 cm³/mol. The van der Waals surface area contributed by atoms with Crippen molar-refractivity contribution >= 4 is 5.97 Å². The van der Waals surface area contributed by atoms with E-state index in [-0.39, 0.29) is 12.1 Å². The molecule has 0 aliphatic heterocycles. The molecule has 0 bridgehead atoms. The summed E-state index contributed by atoms with van der Waals surface area (Å²) in [6.45, 7) is 4.20. The lowest BCUT2D eigenvalue weighted by atomic mass is 9.76. The number of hydrogen-bond donors (Lipinski definition) is 0. The third-order valence-corrected chi connectivity index (χ3v) is 6.03. The molecule has 2 aliphatic rings. The maximum absolute atomic E-state index is 11.3. The summed E-state index contributed by atoms with van der Waals surface area (Å²) in [4.78, 5) is 11.3. The molecule has 0 aromatic carbocycles. The molecule has 0 saturated heterocycles. The Kier molecular flexibility index (Phi) is 7.75. The maximum Gasteiger partial charge on any atom is 0.305 e. The Bertz CT molecular complexity index is 310. The molecule has 0 spiro atoms. The minimum Gasteiger partial charge on any atom is -0.462 e. The first kappa shape index (κ1) is 17.8. The average molecular weight is 309 g/mol. The van der Waals surface area contributed by atoms with Gasteiger partial charge in [-0.2, -0.15) is 0 Å². The van der Waals surface area contributed by atoms with Crippen LogP contribution in [0.3, 0.4) is 0 Å². The molecule has 2 nitrogen and oxygen atoms in total. The van der Waals surface area contributed by atoms with Gasteiger partial charge in [0.2, 0.25) is 0 Å². The Morgan fingerprint density at radius 3 is 1.68 bits per heavy atom. The van der Waals surface area contributed by atoms with E-state index in [1.807, 2.05) is 6.92 Å². The van der Waals surface area contributed by atoms with Crippen molar-refractivity contribution in [3.8, 4) is 0 Å². The third-order valence-electron chi connectivity index (χ3n) is 6.03. The van der Waals surface area contributed by atoms with E-state index in [0.29, 0.717) is 6.42 Å². The van der Waals surface area contributed by atoms with Gasteiger partial charge in [0.25, 0.3) is 0 Å². The van der Waals surface area contributed by atoms with Gasteiger partial charge >= 0.3 is 5.97 Å². The average Bonchev–Trinajstić information content (AvgIpc) is 2.56. The van der Waals surface area contributed by atoms with Crippen molar-refractivity contribution < 1.29 is 9.53 Å². The SMILES string of the molecule is CCC[C@H]1CC[C@H](CC[C@H]2CC[C@H](OC(=O)CC)CC2)CC1. The molecule has 2 rings (SSSR count). The molecule has 0 aromatic rings. The lowest BCUT2D eigenvalue weighted by molar-refractivity contribution is -0.150. The van der Waals surface area contributed by atoms with Gasteiger partial charge in [-0.25, -0.2) is 0 Å². The van der Waals surface area contributed by atoms with E-state index >= 15 is 0 Å². The fraction of sp³-hybridized carbons (Fsp3) is 0.950. The topological polar surface area (TPSA) is 26.3 Å². The number of hydrogen-bond acceptors (Lipinski definition) is 2. The van der Waals surface area contributed by atoms with E-state index in [2.05, 4.69) is 6.92 Å². The smallest absolute Gasteiger partial charge is 0.305 e. The first-order valence-electron chi connectivity index (χ1n) is 9.90. The van der Waals surface area contributed by atoms with Gasteiger partial charge in [0.05, 0.1) is 0 Å². The summed E-state index contributed by atoms with van der Waals surface area (Å²) < 4.78 is 5.48. The predicted octanol–water partition coefficient (Wildman–Crippen LogP) is 5.89. The molecule has 22 heavy (non-hydrogen) atoms. The Hall–Kier alpha value is -0.530. The van der Waals surface area contributed by atoms with E-state index in [0.717, 1.165) is 30.6 Å². The van der Waals surface area contributed by atoms with Crippen LogP contribution in [0.15, 0.2) is 0 Å². The van der Waals surface area contributed by atoms with Crippen LogP contribution in [0.1, 0.15) is 97.3 Å². The highest BCUT2D eigenvalue weighted by molar-refractivity contribution is 5.69. The Labute approximate surface area is 137 Å². The summed E-state index contributed by atoms with van der Waals surface area (Å²) in [6, 6.07) is 0. The Morgan fingerprint density at radius 1 is 0.773 bits per heavy atom. The summed E-state index contributed by atoms with van der Waals surface area (Å²) >= 11 is 0. The highest BCUT2D eigenvalue weighted by Crippen LogP contribution is 2.36. The van der Waals surface area contributed by atoms with Crippen molar-refractivity contribution in [2.24, 2.45) is 17.8 Å². The molecule has 2 heteroatoms. The number of carbonyl (C=O) groups is 1. The molecular formula is C20H36O2. The lowest BCUT2D eigenvalue weighted by Crippen LogP contribution is -2.24. The van der Waals surface area contributed by atoms with Gasteiger partial charge in [0.15, 0.2) is 0 Å². The molecule has 0 radical (unpaired) electrons. The van der Waals surface area contributed by atoms with E-state index in [1.54, 1.807) is 0 Å². The van der Waals surface area contributed by atoms with Crippen molar-refractivity contribution in [1.82, 2.24) is 0 Å². The molecule has 2 saturated carbocycles. The zero-order valence-corrected chi connectivity index (χ0v) is 14.8. The molecule has 128 valence electrons. The number of rotatable bonds is 7. The van der Waals surface area contributed by atoms with Crippen LogP contribution in [0.4, 0.5) is 0 Å². The largest absolute Gasteiger partial charge is 0.462 e. The first-order chi connectivity index (χ1) is 10.7. The minimum absolute atomic E-state index is 0.0210. The van der Waals surface area contributed by atoms with Crippen LogP contribution in [0.25, 0.3) is 0 Å². The summed E-state index contributed by atoms with van der Waals surface area (Å²) in [5, 5.41) is 0. The van der Waals surface area contributed by atoms with Gasteiger partial charge in [0.1, 0.15) is 6.10 Å². The van der Waals surface area contributed by atoms with Crippen molar-refractivity contribution in [2.75, 3.05) is 0 Å². The van der Waals surface area contributed by atoms with Crippen molar-refractivity contribution in [3.63, 3.8) is 0 Å². The summed E-state index contributed by atoms with van der Waals surface area (Å²) in [7, 11) is 0. The standard InChI is InChI=1S/C20H36O2/c1-3-5-16-6-8-17(9-7-16)10-11-18-12-14-19(15-13-18)22-20(21)4-2/h16-19H,3-15H2,1-2H3/t16-,17-,18-,19-. The monoisotopic (exact) mass is 308 g/mol. The van der Waals surface area contributed by atoms with Crippen LogP contribution in [0.5, 0.6) is 0 Å². The first-order valence-corrected chi connectivity index (χ1v) is 9.90.